The summed E-state index contributed by atoms with van der Waals surface area (Å²) in [5.74, 6) is 1.16. The third-order valence-corrected chi connectivity index (χ3v) is 4.36. The number of nitrogens with zero attached hydrogens (tertiary/aromatic N) is 2. The molecule has 0 aliphatic carbocycles. The van der Waals surface area contributed by atoms with Crippen LogP contribution in [0.4, 0.5) is 0 Å². The minimum Gasteiger partial charge on any atom is -0.337 e. The Balaban J connectivity index is 1.99. The molecule has 1 unspecified atom stereocenters. The van der Waals surface area contributed by atoms with Crippen LogP contribution >= 0.6 is 0 Å². The van der Waals surface area contributed by atoms with Gasteiger partial charge < -0.3 is 9.88 Å². The number of imidazole rings is 1. The molecule has 0 saturated heterocycles. The van der Waals surface area contributed by atoms with Crippen LogP contribution in [0.25, 0.3) is 0 Å². The second-order valence-corrected chi connectivity index (χ2v) is 6.21. The average Bonchev–Trinajstić information content (AvgIpc) is 2.91. The predicted molar refractivity (Wildman–Crippen MR) is 91.5 cm³/mol. The molecule has 1 aromatic heterocycles. The molecule has 1 heterocycles. The minimum atomic E-state index is 0.402. The molecular formula is C18H35N3. The molecule has 0 fully saturated rings. The standard InChI is InChI=1S/C18H35N3/c1-4-5-6-7-8-9-10-11-12-13-14-17(19-2)18-20-15-16-21(18)3/h15-17,19H,4-14H2,1-3H3. The molecule has 0 radical (unpaired) electrons. The van der Waals surface area contributed by atoms with Gasteiger partial charge in [-0.2, -0.15) is 0 Å². The van der Waals surface area contributed by atoms with E-state index in [2.05, 4.69) is 28.8 Å². The van der Waals surface area contributed by atoms with Crippen molar-refractivity contribution in [1.29, 1.82) is 0 Å². The molecule has 21 heavy (non-hydrogen) atoms. The third kappa shape index (κ3) is 7.66. The fourth-order valence-electron chi connectivity index (χ4n) is 2.95. The van der Waals surface area contributed by atoms with Gasteiger partial charge in [-0.25, -0.2) is 4.98 Å². The van der Waals surface area contributed by atoms with E-state index in [-0.39, 0.29) is 0 Å². The summed E-state index contributed by atoms with van der Waals surface area (Å²) in [6, 6.07) is 0.402. The molecule has 0 bridgehead atoms. The highest BCUT2D eigenvalue weighted by Gasteiger charge is 2.12. The number of nitrogens with one attached hydrogen (secondary N) is 1. The van der Waals surface area contributed by atoms with Crippen LogP contribution in [-0.4, -0.2) is 16.6 Å². The Kier molecular flexibility index (Phi) is 10.2. The van der Waals surface area contributed by atoms with E-state index in [1.54, 1.807) is 0 Å². The lowest BCUT2D eigenvalue weighted by molar-refractivity contribution is 0.467. The van der Waals surface area contributed by atoms with E-state index in [1.165, 1.54) is 70.6 Å². The van der Waals surface area contributed by atoms with Gasteiger partial charge in [-0.15, -0.1) is 0 Å². The molecule has 3 nitrogen and oxygen atoms in total. The first-order valence-electron chi connectivity index (χ1n) is 8.94. The van der Waals surface area contributed by atoms with Crippen LogP contribution in [0.2, 0.25) is 0 Å². The maximum Gasteiger partial charge on any atom is 0.125 e. The molecule has 0 saturated carbocycles. The van der Waals surface area contributed by atoms with E-state index in [9.17, 15) is 0 Å². The Morgan fingerprint density at radius 3 is 2.05 bits per heavy atom. The first-order valence-corrected chi connectivity index (χ1v) is 8.94. The van der Waals surface area contributed by atoms with Crippen LogP contribution in [0, 0.1) is 0 Å². The highest BCUT2D eigenvalue weighted by Crippen LogP contribution is 2.18. The maximum atomic E-state index is 4.45. The van der Waals surface area contributed by atoms with Gasteiger partial charge in [0.05, 0.1) is 6.04 Å². The van der Waals surface area contributed by atoms with Crippen LogP contribution in [0.1, 0.15) is 89.4 Å². The van der Waals surface area contributed by atoms with Crippen molar-refractivity contribution in [2.75, 3.05) is 7.05 Å². The number of hydrogen-bond acceptors (Lipinski definition) is 2. The number of rotatable bonds is 13. The first-order chi connectivity index (χ1) is 10.3. The highest BCUT2D eigenvalue weighted by atomic mass is 15.1. The summed E-state index contributed by atoms with van der Waals surface area (Å²) in [7, 11) is 4.11. The van der Waals surface area contributed by atoms with E-state index in [0.29, 0.717) is 6.04 Å². The van der Waals surface area contributed by atoms with E-state index < -0.39 is 0 Å². The average molecular weight is 293 g/mol. The van der Waals surface area contributed by atoms with Gasteiger partial charge in [-0.05, 0) is 13.5 Å². The Morgan fingerprint density at radius 1 is 1.00 bits per heavy atom. The maximum absolute atomic E-state index is 4.45. The van der Waals surface area contributed by atoms with Crippen LogP contribution in [-0.2, 0) is 7.05 Å². The fraction of sp³-hybridized carbons (Fsp3) is 0.833. The highest BCUT2D eigenvalue weighted by molar-refractivity contribution is 4.98. The van der Waals surface area contributed by atoms with Crippen molar-refractivity contribution in [3.05, 3.63) is 18.2 Å². The van der Waals surface area contributed by atoms with Crippen molar-refractivity contribution in [2.24, 2.45) is 7.05 Å². The van der Waals surface area contributed by atoms with Crippen molar-refractivity contribution >= 4 is 0 Å². The van der Waals surface area contributed by atoms with Crippen molar-refractivity contribution < 1.29 is 0 Å². The lowest BCUT2D eigenvalue weighted by Crippen LogP contribution is -2.19. The Bertz CT molecular complexity index is 346. The van der Waals surface area contributed by atoms with Crippen molar-refractivity contribution in [1.82, 2.24) is 14.9 Å². The van der Waals surface area contributed by atoms with Gasteiger partial charge in [0.25, 0.3) is 0 Å². The molecule has 0 spiro atoms. The zero-order valence-corrected chi connectivity index (χ0v) is 14.4. The van der Waals surface area contributed by atoms with E-state index >= 15 is 0 Å². The van der Waals surface area contributed by atoms with E-state index in [0.717, 1.165) is 5.82 Å². The smallest absolute Gasteiger partial charge is 0.125 e. The molecule has 122 valence electrons. The monoisotopic (exact) mass is 293 g/mol. The Labute approximate surface area is 131 Å². The molecule has 1 rings (SSSR count). The molecule has 1 atom stereocenters. The molecule has 0 aliphatic rings. The van der Waals surface area contributed by atoms with Gasteiger partial charge in [-0.1, -0.05) is 71.1 Å². The molecule has 0 aliphatic heterocycles. The molecule has 0 aromatic carbocycles. The van der Waals surface area contributed by atoms with E-state index in [4.69, 9.17) is 0 Å². The SMILES string of the molecule is CCCCCCCCCCCCC(NC)c1nccn1C. The quantitative estimate of drug-likeness (QED) is 0.519. The fourth-order valence-corrected chi connectivity index (χ4v) is 2.95. The normalized spacial score (nSPS) is 12.7. The first kappa shape index (κ1) is 18.2. The lowest BCUT2D eigenvalue weighted by atomic mass is 10.0. The van der Waals surface area contributed by atoms with Crippen LogP contribution in [0.5, 0.6) is 0 Å². The zero-order valence-electron chi connectivity index (χ0n) is 14.4. The Morgan fingerprint density at radius 2 is 1.57 bits per heavy atom. The number of aryl methyl sites for hydroxylation is 1. The van der Waals surface area contributed by atoms with Gasteiger partial charge >= 0.3 is 0 Å². The second-order valence-electron chi connectivity index (χ2n) is 6.21. The second kappa shape index (κ2) is 11.8. The predicted octanol–water partition coefficient (Wildman–Crippen LogP) is 4.99. The largest absolute Gasteiger partial charge is 0.337 e. The molecule has 1 N–H and O–H groups in total. The number of aromatic nitrogens is 2. The summed E-state index contributed by atoms with van der Waals surface area (Å²) >= 11 is 0. The summed E-state index contributed by atoms with van der Waals surface area (Å²) in [6.07, 6.45) is 19.1. The topological polar surface area (TPSA) is 29.9 Å². The molecule has 0 amide bonds. The molecule has 1 aromatic rings. The van der Waals surface area contributed by atoms with Crippen molar-refractivity contribution in [2.45, 2.75) is 83.6 Å². The van der Waals surface area contributed by atoms with Gasteiger partial charge in [0.15, 0.2) is 0 Å². The van der Waals surface area contributed by atoms with E-state index in [1.807, 2.05) is 19.4 Å². The number of hydrogen-bond donors (Lipinski definition) is 1. The van der Waals surface area contributed by atoms with Gasteiger partial charge in [0.2, 0.25) is 0 Å². The summed E-state index contributed by atoms with van der Waals surface area (Å²) in [5.41, 5.74) is 0. The molecular weight excluding hydrogens is 258 g/mol. The molecule has 3 heteroatoms. The van der Waals surface area contributed by atoms with Crippen LogP contribution < -0.4 is 5.32 Å². The summed E-state index contributed by atoms with van der Waals surface area (Å²) in [4.78, 5) is 4.45. The lowest BCUT2D eigenvalue weighted by Gasteiger charge is -2.15. The van der Waals surface area contributed by atoms with Gasteiger partial charge in [-0.3, -0.25) is 0 Å². The van der Waals surface area contributed by atoms with Crippen molar-refractivity contribution in [3.8, 4) is 0 Å². The van der Waals surface area contributed by atoms with Gasteiger partial charge in [0.1, 0.15) is 5.82 Å². The number of unbranched alkanes of at least 4 members (excludes halogenated alkanes) is 9. The van der Waals surface area contributed by atoms with Crippen molar-refractivity contribution in [3.63, 3.8) is 0 Å². The van der Waals surface area contributed by atoms with Gasteiger partial charge in [0, 0.05) is 19.4 Å². The summed E-state index contributed by atoms with van der Waals surface area (Å²) in [6.45, 7) is 2.28. The van der Waals surface area contributed by atoms with Crippen LogP contribution in [0.3, 0.4) is 0 Å². The summed E-state index contributed by atoms with van der Waals surface area (Å²) in [5, 5.41) is 3.39. The van der Waals surface area contributed by atoms with Crippen LogP contribution in [0.15, 0.2) is 12.4 Å². The summed E-state index contributed by atoms with van der Waals surface area (Å²) < 4.78 is 2.12. The Hall–Kier alpha value is -0.830. The zero-order chi connectivity index (χ0) is 15.3. The minimum absolute atomic E-state index is 0.402. The third-order valence-electron chi connectivity index (χ3n) is 4.36.